The summed E-state index contributed by atoms with van der Waals surface area (Å²) in [6.45, 7) is 3.48. The van der Waals surface area contributed by atoms with Crippen LogP contribution in [0.1, 0.15) is 316 Å². The normalized spacial score (nSPS) is 19.5. The summed E-state index contributed by atoms with van der Waals surface area (Å²) in [6, 6.07) is -1.20. The van der Waals surface area contributed by atoms with Gasteiger partial charge < -0.3 is 50.5 Å². The van der Waals surface area contributed by atoms with Gasteiger partial charge in [0, 0.05) is 0 Å². The highest BCUT2D eigenvalue weighted by Crippen LogP contribution is 2.24. The molecule has 80 heavy (non-hydrogen) atoms. The van der Waals surface area contributed by atoms with Crippen molar-refractivity contribution in [2.24, 2.45) is 0 Å². The van der Waals surface area contributed by atoms with Crippen molar-refractivity contribution in [3.63, 3.8) is 0 Å². The summed E-state index contributed by atoms with van der Waals surface area (Å²) in [5.74, 6) is -0.711. The van der Waals surface area contributed by atoms with Gasteiger partial charge in [0.05, 0.1) is 25.4 Å². The number of carbonyl (C=O) groups is 1. The van der Waals surface area contributed by atoms with Crippen molar-refractivity contribution in [1.82, 2.24) is 5.32 Å². The number of allylic oxidation sites excluding steroid dienone is 8. The van der Waals surface area contributed by atoms with E-state index in [9.17, 15) is 40.5 Å². The number of amides is 1. The Balaban J connectivity index is 2.27. The first-order valence-electron chi connectivity index (χ1n) is 34.0. The molecule has 1 rings (SSSR count). The van der Waals surface area contributed by atoms with Gasteiger partial charge in [-0.15, -0.1) is 0 Å². The van der Waals surface area contributed by atoms with E-state index in [0.29, 0.717) is 19.3 Å². The molecule has 0 aromatic heterocycles. The summed E-state index contributed by atoms with van der Waals surface area (Å²) in [7, 11) is 0. The van der Waals surface area contributed by atoms with Crippen LogP contribution in [0, 0.1) is 0 Å². The van der Waals surface area contributed by atoms with Gasteiger partial charge in [-0.25, -0.2) is 0 Å². The predicted molar refractivity (Wildman–Crippen MR) is 335 cm³/mol. The van der Waals surface area contributed by atoms with E-state index in [1.807, 2.05) is 0 Å². The van der Waals surface area contributed by atoms with E-state index in [2.05, 4.69) is 67.8 Å². The minimum absolute atomic E-state index is 0.240. The molecule has 0 radical (unpaired) electrons. The van der Waals surface area contributed by atoms with Crippen LogP contribution in [0.25, 0.3) is 0 Å². The molecule has 1 amide bonds. The molecule has 1 fully saturated rings. The van der Waals surface area contributed by atoms with Crippen molar-refractivity contribution >= 4 is 5.91 Å². The molecule has 470 valence electrons. The summed E-state index contributed by atoms with van der Waals surface area (Å²) in [5.41, 5.74) is 0. The minimum atomic E-state index is -1.68. The third-order valence-electron chi connectivity index (χ3n) is 16.3. The molecule has 1 aliphatic rings. The summed E-state index contributed by atoms with van der Waals surface area (Å²) >= 11 is 0. The molecule has 0 bridgehead atoms. The molecule has 11 heteroatoms. The Morgan fingerprint density at radius 3 is 1.11 bits per heavy atom. The van der Waals surface area contributed by atoms with E-state index < -0.39 is 74.2 Å². The van der Waals surface area contributed by atoms with Crippen molar-refractivity contribution in [1.29, 1.82) is 0 Å². The lowest BCUT2D eigenvalue weighted by Gasteiger charge is -2.40. The average molecular weight is 1130 g/mol. The molecule has 1 aliphatic heterocycles. The Morgan fingerprint density at radius 2 is 0.750 bits per heavy atom. The first-order chi connectivity index (χ1) is 39.2. The van der Waals surface area contributed by atoms with Crippen LogP contribution in [0.2, 0.25) is 0 Å². The van der Waals surface area contributed by atoms with E-state index in [0.717, 1.165) is 44.9 Å². The number of aliphatic hydroxyl groups excluding tert-OH is 7. The topological polar surface area (TPSA) is 189 Å². The third-order valence-corrected chi connectivity index (χ3v) is 16.3. The highest BCUT2D eigenvalue weighted by Gasteiger charge is 2.44. The lowest BCUT2D eigenvalue weighted by molar-refractivity contribution is -0.303. The fourth-order valence-electron chi connectivity index (χ4n) is 10.8. The van der Waals surface area contributed by atoms with Crippen molar-refractivity contribution in [3.05, 3.63) is 48.6 Å². The standard InChI is InChI=1S/C69H129NO10/c1-3-5-7-9-11-13-15-17-19-21-23-25-27-29-30-31-33-34-36-38-40-42-44-46-48-50-52-54-56-61(72)64(74)60(59-79-69-67(77)66(76)65(75)63(58-71)80-69)70-68(78)62(73)57-55-53-51-49-47-45-43-41-39-37-35-32-28-26-24-22-20-18-16-14-12-10-8-6-4-2/h32-35,40,42,48,50,60-67,69,71-77H,3-31,36-39,41,43-47,49,51-59H2,1-2H3,(H,70,78)/b34-33+,35-32-,42-40+,50-48+. The van der Waals surface area contributed by atoms with Crippen molar-refractivity contribution in [3.8, 4) is 0 Å². The Morgan fingerprint density at radius 1 is 0.425 bits per heavy atom. The van der Waals surface area contributed by atoms with Crippen LogP contribution in [0.15, 0.2) is 48.6 Å². The van der Waals surface area contributed by atoms with Gasteiger partial charge in [0.25, 0.3) is 0 Å². The average Bonchev–Trinajstić information content (AvgIpc) is 3.47. The molecule has 9 atom stereocenters. The first kappa shape index (κ1) is 76.1. The lowest BCUT2D eigenvalue weighted by Crippen LogP contribution is -2.60. The van der Waals surface area contributed by atoms with E-state index in [1.165, 1.54) is 225 Å². The lowest BCUT2D eigenvalue weighted by atomic mass is 9.98. The van der Waals surface area contributed by atoms with Crippen molar-refractivity contribution in [2.45, 2.75) is 371 Å². The monoisotopic (exact) mass is 1130 g/mol. The number of nitrogens with one attached hydrogen (secondary N) is 1. The van der Waals surface area contributed by atoms with Crippen LogP contribution in [-0.4, -0.2) is 110 Å². The molecule has 1 saturated heterocycles. The second-order valence-corrected chi connectivity index (χ2v) is 23.9. The second-order valence-electron chi connectivity index (χ2n) is 23.9. The molecule has 9 unspecified atom stereocenters. The zero-order valence-electron chi connectivity index (χ0n) is 51.8. The largest absolute Gasteiger partial charge is 0.394 e. The molecule has 0 aromatic rings. The van der Waals surface area contributed by atoms with E-state index in [-0.39, 0.29) is 12.8 Å². The van der Waals surface area contributed by atoms with Gasteiger partial charge in [-0.05, 0) is 89.9 Å². The summed E-state index contributed by atoms with van der Waals surface area (Å²) in [5, 5.41) is 76.4. The Kier molecular flexibility index (Phi) is 54.7. The van der Waals surface area contributed by atoms with Crippen LogP contribution in [0.4, 0.5) is 0 Å². The zero-order valence-corrected chi connectivity index (χ0v) is 51.8. The number of hydrogen-bond donors (Lipinski definition) is 8. The van der Waals surface area contributed by atoms with Crippen LogP contribution < -0.4 is 5.32 Å². The number of unbranched alkanes of at least 4 members (excludes halogenated alkanes) is 39. The number of rotatable bonds is 59. The fraction of sp³-hybridized carbons (Fsp3) is 0.870. The summed E-state index contributed by atoms with van der Waals surface area (Å²) < 4.78 is 11.2. The molecule has 8 N–H and O–H groups in total. The molecular weight excluding hydrogens is 1000 g/mol. The minimum Gasteiger partial charge on any atom is -0.394 e. The van der Waals surface area contributed by atoms with Gasteiger partial charge in [0.1, 0.15) is 36.6 Å². The van der Waals surface area contributed by atoms with Crippen molar-refractivity contribution < 1.29 is 50.0 Å². The zero-order chi connectivity index (χ0) is 58.2. The van der Waals surface area contributed by atoms with Gasteiger partial charge in [0.2, 0.25) is 5.91 Å². The quantitative estimate of drug-likeness (QED) is 0.0215. The molecule has 1 heterocycles. The highest BCUT2D eigenvalue weighted by molar-refractivity contribution is 5.80. The Bertz CT molecular complexity index is 1440. The maximum Gasteiger partial charge on any atom is 0.249 e. The van der Waals surface area contributed by atoms with E-state index >= 15 is 0 Å². The molecule has 0 aromatic carbocycles. The smallest absolute Gasteiger partial charge is 0.249 e. The predicted octanol–water partition coefficient (Wildman–Crippen LogP) is 16.0. The summed E-state index contributed by atoms with van der Waals surface area (Å²) in [6.07, 6.45) is 63.3. The third kappa shape index (κ3) is 44.6. The van der Waals surface area contributed by atoms with Crippen LogP contribution in [0.3, 0.4) is 0 Å². The Labute approximate surface area is 491 Å². The van der Waals surface area contributed by atoms with E-state index in [1.54, 1.807) is 0 Å². The number of carbonyl (C=O) groups excluding carboxylic acids is 1. The summed E-state index contributed by atoms with van der Waals surface area (Å²) in [4.78, 5) is 13.2. The number of ether oxygens (including phenoxy) is 2. The maximum absolute atomic E-state index is 13.2. The highest BCUT2D eigenvalue weighted by atomic mass is 16.7. The number of hydrogen-bond acceptors (Lipinski definition) is 10. The SMILES string of the molecule is CCCCCCCCCCCCCC/C=C\CCCCCCCCCCCC(O)C(=O)NC(COC1OC(CO)C(O)C(O)C1O)C(O)C(O)CCC/C=C/CC/C=C/CC/C=C/CCCCCCCCCCCCCCCCC. The van der Waals surface area contributed by atoms with Gasteiger partial charge in [-0.3, -0.25) is 4.79 Å². The van der Waals surface area contributed by atoms with Gasteiger partial charge in [0.15, 0.2) is 6.29 Å². The first-order valence-corrected chi connectivity index (χ1v) is 34.0. The van der Waals surface area contributed by atoms with Crippen LogP contribution >= 0.6 is 0 Å². The number of aliphatic hydroxyl groups is 7. The fourth-order valence-corrected chi connectivity index (χ4v) is 10.8. The molecular formula is C69H129NO10. The molecule has 11 nitrogen and oxygen atoms in total. The van der Waals surface area contributed by atoms with Gasteiger partial charge in [-0.1, -0.05) is 274 Å². The van der Waals surface area contributed by atoms with Crippen LogP contribution in [-0.2, 0) is 14.3 Å². The molecule has 0 aliphatic carbocycles. The second kappa shape index (κ2) is 57.5. The molecule has 0 spiro atoms. The van der Waals surface area contributed by atoms with Gasteiger partial charge in [-0.2, -0.15) is 0 Å². The van der Waals surface area contributed by atoms with Crippen molar-refractivity contribution in [2.75, 3.05) is 13.2 Å². The van der Waals surface area contributed by atoms with Crippen LogP contribution in [0.5, 0.6) is 0 Å². The van der Waals surface area contributed by atoms with E-state index in [4.69, 9.17) is 9.47 Å². The van der Waals surface area contributed by atoms with Gasteiger partial charge >= 0.3 is 0 Å². The maximum atomic E-state index is 13.2. The molecule has 0 saturated carbocycles. The Hall–Kier alpha value is -1.93.